The van der Waals surface area contributed by atoms with Crippen molar-refractivity contribution < 1.29 is 19.1 Å². The number of nitrogens with one attached hydrogen (secondary N) is 1. The summed E-state index contributed by atoms with van der Waals surface area (Å²) in [6, 6.07) is 9.29. The van der Waals surface area contributed by atoms with Crippen LogP contribution >= 0.6 is 0 Å². The van der Waals surface area contributed by atoms with Gasteiger partial charge in [-0.2, -0.15) is 0 Å². The predicted octanol–water partition coefficient (Wildman–Crippen LogP) is 3.36. The number of hydrogen-bond acceptors (Lipinski definition) is 4. The molecule has 2 atom stereocenters. The van der Waals surface area contributed by atoms with Gasteiger partial charge in [-0.1, -0.05) is 18.2 Å². The molecule has 1 fully saturated rings. The number of amides is 2. The topological polar surface area (TPSA) is 67.9 Å². The maximum Gasteiger partial charge on any atom is 0.407 e. The van der Waals surface area contributed by atoms with Crippen molar-refractivity contribution in [1.82, 2.24) is 10.2 Å². The number of piperidine rings is 1. The molecule has 1 heterocycles. The van der Waals surface area contributed by atoms with Crippen LogP contribution in [0.3, 0.4) is 0 Å². The average Bonchev–Trinajstić information content (AvgIpc) is 2.59. The van der Waals surface area contributed by atoms with Gasteiger partial charge in [0.15, 0.2) is 6.10 Å². The van der Waals surface area contributed by atoms with Crippen LogP contribution in [0.25, 0.3) is 0 Å². The molecule has 1 aliphatic heterocycles. The minimum absolute atomic E-state index is 0.0365. The lowest BCUT2D eigenvalue weighted by Crippen LogP contribution is -2.53. The Labute approximate surface area is 155 Å². The van der Waals surface area contributed by atoms with Gasteiger partial charge in [0.1, 0.15) is 11.4 Å². The van der Waals surface area contributed by atoms with Crippen LogP contribution in [0, 0.1) is 0 Å². The van der Waals surface area contributed by atoms with E-state index in [-0.39, 0.29) is 11.9 Å². The van der Waals surface area contributed by atoms with Crippen molar-refractivity contribution >= 4 is 12.0 Å². The summed E-state index contributed by atoms with van der Waals surface area (Å²) in [5.74, 6) is 0.623. The number of carbonyl (C=O) groups is 2. The Bertz CT molecular complexity index is 598. The summed E-state index contributed by atoms with van der Waals surface area (Å²) in [6.45, 7) is 8.31. The molecule has 26 heavy (non-hydrogen) atoms. The molecule has 6 heteroatoms. The Morgan fingerprint density at radius 2 is 1.92 bits per heavy atom. The van der Waals surface area contributed by atoms with Gasteiger partial charge < -0.3 is 19.7 Å². The Hall–Kier alpha value is -2.24. The van der Waals surface area contributed by atoms with Gasteiger partial charge >= 0.3 is 6.09 Å². The quantitative estimate of drug-likeness (QED) is 0.872. The molecule has 0 saturated carbocycles. The molecular weight excluding hydrogens is 332 g/mol. The largest absolute Gasteiger partial charge is 0.481 e. The summed E-state index contributed by atoms with van der Waals surface area (Å²) in [6.07, 6.45) is 1.84. The van der Waals surface area contributed by atoms with Crippen LogP contribution < -0.4 is 10.1 Å². The molecule has 6 nitrogen and oxygen atoms in total. The lowest BCUT2D eigenvalue weighted by Gasteiger charge is -2.37. The third-order valence-corrected chi connectivity index (χ3v) is 4.19. The van der Waals surface area contributed by atoms with Gasteiger partial charge in [0.25, 0.3) is 5.91 Å². The highest BCUT2D eigenvalue weighted by Crippen LogP contribution is 2.20. The van der Waals surface area contributed by atoms with Gasteiger partial charge in [0.05, 0.1) is 0 Å². The first-order valence-electron chi connectivity index (χ1n) is 9.25. The van der Waals surface area contributed by atoms with Crippen LogP contribution in [-0.4, -0.2) is 47.7 Å². The molecule has 0 radical (unpaired) electrons. The van der Waals surface area contributed by atoms with E-state index in [0.29, 0.717) is 18.8 Å². The normalized spacial score (nSPS) is 18.8. The van der Waals surface area contributed by atoms with Gasteiger partial charge in [-0.15, -0.1) is 0 Å². The monoisotopic (exact) mass is 362 g/mol. The highest BCUT2D eigenvalue weighted by molar-refractivity contribution is 5.81. The number of benzene rings is 1. The van der Waals surface area contributed by atoms with Gasteiger partial charge in [-0.05, 0) is 59.1 Å². The molecule has 0 aliphatic carbocycles. The van der Waals surface area contributed by atoms with Crippen LogP contribution in [0.5, 0.6) is 5.75 Å². The Morgan fingerprint density at radius 1 is 1.23 bits per heavy atom. The standard InChI is InChI=1S/C20H30N2O4/c1-15(25-17-11-6-5-7-12-17)18(23)22-13-9-8-10-16(22)14-21-19(24)26-20(2,3)4/h5-7,11-12,15-16H,8-10,13-14H2,1-4H3,(H,21,24). The minimum Gasteiger partial charge on any atom is -0.481 e. The SMILES string of the molecule is CC(Oc1ccccc1)C(=O)N1CCCCC1CNC(=O)OC(C)(C)C. The number of likely N-dealkylation sites (tertiary alicyclic amines) is 1. The number of ether oxygens (including phenoxy) is 2. The lowest BCUT2D eigenvalue weighted by molar-refractivity contribution is -0.141. The molecular formula is C20H30N2O4. The Morgan fingerprint density at radius 3 is 2.58 bits per heavy atom. The number of carbonyl (C=O) groups excluding carboxylic acids is 2. The molecule has 1 N–H and O–H groups in total. The van der Waals surface area contributed by atoms with Gasteiger partial charge in [-0.3, -0.25) is 4.79 Å². The second-order valence-corrected chi connectivity index (χ2v) is 7.64. The lowest BCUT2D eigenvalue weighted by atomic mass is 10.0. The zero-order valence-electron chi connectivity index (χ0n) is 16.2. The second kappa shape index (κ2) is 8.92. The van der Waals surface area contributed by atoms with Gasteiger partial charge in [0, 0.05) is 19.1 Å². The molecule has 1 aromatic carbocycles. The molecule has 1 aliphatic rings. The van der Waals surface area contributed by atoms with Crippen molar-refractivity contribution in [2.45, 2.75) is 64.7 Å². The van der Waals surface area contributed by atoms with Gasteiger partial charge in [-0.25, -0.2) is 4.79 Å². The zero-order chi connectivity index (χ0) is 19.2. The number of rotatable bonds is 5. The number of alkyl carbamates (subject to hydrolysis) is 1. The molecule has 1 saturated heterocycles. The Kier molecular flexibility index (Phi) is 6.89. The molecule has 2 rings (SSSR count). The highest BCUT2D eigenvalue weighted by atomic mass is 16.6. The first-order chi connectivity index (χ1) is 12.3. The molecule has 2 unspecified atom stereocenters. The fourth-order valence-electron chi connectivity index (χ4n) is 3.01. The molecule has 0 spiro atoms. The number of nitrogens with zero attached hydrogens (tertiary/aromatic N) is 1. The first-order valence-corrected chi connectivity index (χ1v) is 9.25. The maximum atomic E-state index is 12.8. The van der Waals surface area contributed by atoms with E-state index in [9.17, 15) is 9.59 Å². The Balaban J connectivity index is 1.92. The van der Waals surface area contributed by atoms with E-state index in [1.54, 1.807) is 6.92 Å². The summed E-state index contributed by atoms with van der Waals surface area (Å²) in [5, 5.41) is 2.79. The molecule has 0 aromatic heterocycles. The maximum absolute atomic E-state index is 12.8. The average molecular weight is 362 g/mol. The van der Waals surface area contributed by atoms with E-state index in [2.05, 4.69) is 5.32 Å². The summed E-state index contributed by atoms with van der Waals surface area (Å²) in [7, 11) is 0. The first kappa shape index (κ1) is 20.1. The van der Waals surface area contributed by atoms with E-state index in [1.165, 1.54) is 0 Å². The number of para-hydroxylation sites is 1. The van der Waals surface area contributed by atoms with Gasteiger partial charge in [0.2, 0.25) is 0 Å². The van der Waals surface area contributed by atoms with E-state index >= 15 is 0 Å². The predicted molar refractivity (Wildman–Crippen MR) is 100 cm³/mol. The summed E-state index contributed by atoms with van der Waals surface area (Å²) in [4.78, 5) is 26.6. The smallest absolute Gasteiger partial charge is 0.407 e. The van der Waals surface area contributed by atoms with Crippen molar-refractivity contribution in [3.05, 3.63) is 30.3 Å². The van der Waals surface area contributed by atoms with Crippen LogP contribution in [0.1, 0.15) is 47.0 Å². The van der Waals surface area contributed by atoms with E-state index in [1.807, 2.05) is 56.0 Å². The third-order valence-electron chi connectivity index (χ3n) is 4.19. The molecule has 1 aromatic rings. The van der Waals surface area contributed by atoms with E-state index in [0.717, 1.165) is 19.3 Å². The zero-order valence-corrected chi connectivity index (χ0v) is 16.2. The minimum atomic E-state index is -0.570. The van der Waals surface area contributed by atoms with Crippen LogP contribution in [0.2, 0.25) is 0 Å². The fourth-order valence-corrected chi connectivity index (χ4v) is 3.01. The van der Waals surface area contributed by atoms with Crippen molar-refractivity contribution in [2.75, 3.05) is 13.1 Å². The van der Waals surface area contributed by atoms with Crippen LogP contribution in [0.4, 0.5) is 4.79 Å². The second-order valence-electron chi connectivity index (χ2n) is 7.64. The van der Waals surface area contributed by atoms with E-state index in [4.69, 9.17) is 9.47 Å². The number of hydrogen-bond donors (Lipinski definition) is 1. The van der Waals surface area contributed by atoms with Crippen molar-refractivity contribution in [3.63, 3.8) is 0 Å². The van der Waals surface area contributed by atoms with Crippen molar-refractivity contribution in [3.8, 4) is 5.75 Å². The molecule has 0 bridgehead atoms. The van der Waals surface area contributed by atoms with Crippen molar-refractivity contribution in [2.24, 2.45) is 0 Å². The van der Waals surface area contributed by atoms with E-state index < -0.39 is 17.8 Å². The van der Waals surface area contributed by atoms with Crippen molar-refractivity contribution in [1.29, 1.82) is 0 Å². The summed E-state index contributed by atoms with van der Waals surface area (Å²) in [5.41, 5.74) is -0.538. The summed E-state index contributed by atoms with van der Waals surface area (Å²) < 4.78 is 11.0. The van der Waals surface area contributed by atoms with Crippen LogP contribution in [-0.2, 0) is 9.53 Å². The fraction of sp³-hybridized carbons (Fsp3) is 0.600. The summed E-state index contributed by atoms with van der Waals surface area (Å²) >= 11 is 0. The molecule has 2 amide bonds. The molecule has 144 valence electrons. The highest BCUT2D eigenvalue weighted by Gasteiger charge is 2.31. The third kappa shape index (κ3) is 6.24. The van der Waals surface area contributed by atoms with Crippen LogP contribution in [0.15, 0.2) is 30.3 Å².